The summed E-state index contributed by atoms with van der Waals surface area (Å²) in [5.74, 6) is 0.422. The number of hydrogen-bond acceptors (Lipinski definition) is 4. The second-order valence-corrected chi connectivity index (χ2v) is 6.03. The van der Waals surface area contributed by atoms with Gasteiger partial charge < -0.3 is 21.3 Å². The van der Waals surface area contributed by atoms with Gasteiger partial charge >= 0.3 is 0 Å². The van der Waals surface area contributed by atoms with E-state index >= 15 is 0 Å². The molecule has 2 aliphatic carbocycles. The molecule has 3 rings (SSSR count). The van der Waals surface area contributed by atoms with Crippen molar-refractivity contribution < 1.29 is 10.2 Å². The molecule has 0 amide bonds. The first-order valence-corrected chi connectivity index (χ1v) is 7.64. The van der Waals surface area contributed by atoms with Crippen molar-refractivity contribution in [2.45, 2.75) is 31.5 Å². The molecule has 116 valence electrons. The van der Waals surface area contributed by atoms with E-state index < -0.39 is 0 Å². The Hall–Kier alpha value is -2.04. The first kappa shape index (κ1) is 14.9. The van der Waals surface area contributed by atoms with E-state index in [2.05, 4.69) is 23.5 Å². The quantitative estimate of drug-likeness (QED) is 0.691. The van der Waals surface area contributed by atoms with E-state index in [0.717, 1.165) is 12.0 Å². The maximum absolute atomic E-state index is 10.0. The van der Waals surface area contributed by atoms with Crippen LogP contribution in [0.3, 0.4) is 0 Å². The fourth-order valence-electron chi connectivity index (χ4n) is 3.39. The molecule has 0 bridgehead atoms. The zero-order valence-electron chi connectivity index (χ0n) is 12.6. The smallest absolute Gasteiger partial charge is 0.124 e. The van der Waals surface area contributed by atoms with Gasteiger partial charge in [0, 0.05) is 35.7 Å². The van der Waals surface area contributed by atoms with Crippen molar-refractivity contribution in [2.75, 3.05) is 0 Å². The Morgan fingerprint density at radius 1 is 1.32 bits per heavy atom. The molecule has 1 aromatic carbocycles. The predicted octanol–water partition coefficient (Wildman–Crippen LogP) is 2.52. The van der Waals surface area contributed by atoms with Gasteiger partial charge in [-0.3, -0.25) is 0 Å². The third-order valence-electron chi connectivity index (χ3n) is 4.50. The average Bonchev–Trinajstić information content (AvgIpc) is 2.47. The number of nitrogens with one attached hydrogen (secondary N) is 1. The maximum atomic E-state index is 10.0. The van der Waals surface area contributed by atoms with E-state index in [9.17, 15) is 10.2 Å². The Kier molecular flexibility index (Phi) is 4.05. The van der Waals surface area contributed by atoms with Crippen LogP contribution in [0, 0.1) is 5.92 Å². The molecule has 0 radical (unpaired) electrons. The Morgan fingerprint density at radius 2 is 2.14 bits per heavy atom. The van der Waals surface area contributed by atoms with E-state index in [4.69, 9.17) is 5.73 Å². The van der Waals surface area contributed by atoms with Crippen LogP contribution in [0.25, 0.3) is 0 Å². The van der Waals surface area contributed by atoms with Gasteiger partial charge in [-0.15, -0.1) is 0 Å². The number of nitrogens with two attached hydrogens (primary N) is 1. The van der Waals surface area contributed by atoms with Crippen molar-refractivity contribution in [3.8, 4) is 11.5 Å². The van der Waals surface area contributed by atoms with Crippen molar-refractivity contribution in [2.24, 2.45) is 11.7 Å². The summed E-state index contributed by atoms with van der Waals surface area (Å²) in [6, 6.07) is 4.90. The summed E-state index contributed by atoms with van der Waals surface area (Å²) >= 11 is 0. The maximum Gasteiger partial charge on any atom is 0.124 e. The highest BCUT2D eigenvalue weighted by atomic mass is 16.3. The molecular weight excluding hydrogens is 276 g/mol. The molecule has 0 fully saturated rings. The topological polar surface area (TPSA) is 78.5 Å². The van der Waals surface area contributed by atoms with Crippen LogP contribution in [-0.2, 0) is 0 Å². The zero-order chi connectivity index (χ0) is 15.7. The molecule has 0 spiro atoms. The van der Waals surface area contributed by atoms with Gasteiger partial charge in [0.25, 0.3) is 0 Å². The van der Waals surface area contributed by atoms with Gasteiger partial charge in [0.05, 0.1) is 0 Å². The monoisotopic (exact) mass is 298 g/mol. The normalized spacial score (nSPS) is 28.1. The molecule has 0 saturated heterocycles. The van der Waals surface area contributed by atoms with Gasteiger partial charge in [0.15, 0.2) is 0 Å². The van der Waals surface area contributed by atoms with Crippen LogP contribution in [0.2, 0.25) is 0 Å². The van der Waals surface area contributed by atoms with Crippen molar-refractivity contribution in [1.29, 1.82) is 0 Å². The predicted molar refractivity (Wildman–Crippen MR) is 87.6 cm³/mol. The van der Waals surface area contributed by atoms with E-state index in [1.807, 2.05) is 19.1 Å². The molecule has 4 heteroatoms. The first-order chi connectivity index (χ1) is 10.6. The number of phenols is 2. The third kappa shape index (κ3) is 2.80. The molecule has 5 N–H and O–H groups in total. The zero-order valence-corrected chi connectivity index (χ0v) is 12.6. The van der Waals surface area contributed by atoms with Gasteiger partial charge in [0.1, 0.15) is 11.5 Å². The van der Waals surface area contributed by atoms with Gasteiger partial charge in [-0.1, -0.05) is 36.4 Å². The van der Waals surface area contributed by atoms with Crippen LogP contribution >= 0.6 is 0 Å². The molecule has 4 nitrogen and oxygen atoms in total. The van der Waals surface area contributed by atoms with Gasteiger partial charge in [-0.05, 0) is 25.0 Å². The molecule has 4 unspecified atom stereocenters. The number of hydrogen-bond donors (Lipinski definition) is 4. The molecule has 2 aliphatic rings. The summed E-state index contributed by atoms with van der Waals surface area (Å²) in [7, 11) is 0. The molecule has 0 heterocycles. The van der Waals surface area contributed by atoms with Gasteiger partial charge in [-0.25, -0.2) is 0 Å². The molecule has 1 aromatic rings. The molecule has 0 aromatic heterocycles. The second-order valence-electron chi connectivity index (χ2n) is 6.03. The Labute approximate surface area is 130 Å². The minimum atomic E-state index is -0.0311. The lowest BCUT2D eigenvalue weighted by Crippen LogP contribution is -2.47. The summed E-state index contributed by atoms with van der Waals surface area (Å²) in [5, 5.41) is 23.0. The summed E-state index contributed by atoms with van der Waals surface area (Å²) in [6.07, 6.45) is 11.4. The van der Waals surface area contributed by atoms with Crippen molar-refractivity contribution >= 4 is 0 Å². The van der Waals surface area contributed by atoms with Gasteiger partial charge in [0.2, 0.25) is 0 Å². The molecule has 4 atom stereocenters. The molecule has 0 aliphatic heterocycles. The van der Waals surface area contributed by atoms with Gasteiger partial charge in [-0.2, -0.15) is 0 Å². The highest BCUT2D eigenvalue weighted by Crippen LogP contribution is 2.33. The highest BCUT2D eigenvalue weighted by Gasteiger charge is 2.32. The Bertz CT molecular complexity index is 648. The first-order valence-electron chi connectivity index (χ1n) is 7.64. The lowest BCUT2D eigenvalue weighted by atomic mass is 9.77. The highest BCUT2D eigenvalue weighted by molar-refractivity contribution is 5.41. The fourth-order valence-corrected chi connectivity index (χ4v) is 3.39. The lowest BCUT2D eigenvalue weighted by Gasteiger charge is -2.37. The Morgan fingerprint density at radius 3 is 2.91 bits per heavy atom. The van der Waals surface area contributed by atoms with Crippen molar-refractivity contribution in [3.05, 3.63) is 59.7 Å². The van der Waals surface area contributed by atoms with Crippen LogP contribution in [0.5, 0.6) is 11.5 Å². The van der Waals surface area contributed by atoms with Crippen LogP contribution in [0.4, 0.5) is 0 Å². The van der Waals surface area contributed by atoms with Crippen molar-refractivity contribution in [3.63, 3.8) is 0 Å². The van der Waals surface area contributed by atoms with Crippen LogP contribution in [0.1, 0.15) is 24.9 Å². The standard InChI is InChI=1S/C18H22N2O2/c1-11(14-9-8-13(21)10-17(14)22)20-16-7-3-5-12-4-2-6-15(19)18(12)16/h2-6,8-11,15-16,18,20-22H,7,19H2,1H3. The average molecular weight is 298 g/mol. The molecule has 22 heavy (non-hydrogen) atoms. The fraction of sp³-hybridized carbons (Fsp3) is 0.333. The van der Waals surface area contributed by atoms with E-state index in [0.29, 0.717) is 0 Å². The Balaban J connectivity index is 1.79. The largest absolute Gasteiger partial charge is 0.508 e. The van der Waals surface area contributed by atoms with E-state index in [1.165, 1.54) is 11.6 Å². The number of rotatable bonds is 3. The SMILES string of the molecule is CC(NC1CC=CC2=CC=CC(N)C21)c1ccc(O)cc1O. The minimum Gasteiger partial charge on any atom is -0.508 e. The summed E-state index contributed by atoms with van der Waals surface area (Å²) < 4.78 is 0. The van der Waals surface area contributed by atoms with E-state index in [1.54, 1.807) is 12.1 Å². The van der Waals surface area contributed by atoms with Crippen LogP contribution in [0.15, 0.2) is 54.2 Å². The molecule has 0 saturated carbocycles. The van der Waals surface area contributed by atoms with Crippen LogP contribution < -0.4 is 11.1 Å². The van der Waals surface area contributed by atoms with E-state index in [-0.39, 0.29) is 35.5 Å². The molecular formula is C18H22N2O2. The second kappa shape index (κ2) is 5.99. The number of aromatic hydroxyl groups is 2. The number of phenolic OH excluding ortho intramolecular Hbond substituents is 2. The summed E-state index contributed by atoms with van der Waals surface area (Å²) in [4.78, 5) is 0. The lowest BCUT2D eigenvalue weighted by molar-refractivity contribution is 0.332. The van der Waals surface area contributed by atoms with Crippen molar-refractivity contribution in [1.82, 2.24) is 5.32 Å². The minimum absolute atomic E-state index is 0.00284. The summed E-state index contributed by atoms with van der Waals surface area (Å²) in [5.41, 5.74) is 8.29. The number of allylic oxidation sites excluding steroid dienone is 3. The number of fused-ring (bicyclic) bond motifs is 1. The third-order valence-corrected chi connectivity index (χ3v) is 4.50. The number of benzene rings is 1. The summed E-state index contributed by atoms with van der Waals surface area (Å²) in [6.45, 7) is 2.01. The van der Waals surface area contributed by atoms with Crippen LogP contribution in [-0.4, -0.2) is 22.3 Å².